The van der Waals surface area contributed by atoms with Gasteiger partial charge in [0, 0.05) is 11.3 Å². The quantitative estimate of drug-likeness (QED) is 0.783. The third-order valence-corrected chi connectivity index (χ3v) is 4.95. The second-order valence-corrected chi connectivity index (χ2v) is 6.39. The summed E-state index contributed by atoms with van der Waals surface area (Å²) in [6.45, 7) is 2.05. The highest BCUT2D eigenvalue weighted by atomic mass is 19.1. The fourth-order valence-corrected chi connectivity index (χ4v) is 3.64. The van der Waals surface area contributed by atoms with Crippen molar-refractivity contribution < 1.29 is 13.9 Å². The first-order chi connectivity index (χ1) is 12.6. The maximum absolute atomic E-state index is 14.0. The van der Waals surface area contributed by atoms with Crippen LogP contribution >= 0.6 is 0 Å². The van der Waals surface area contributed by atoms with Gasteiger partial charge in [0.25, 0.3) is 5.91 Å². The van der Waals surface area contributed by atoms with Gasteiger partial charge in [-0.1, -0.05) is 19.1 Å². The summed E-state index contributed by atoms with van der Waals surface area (Å²) in [5.74, 6) is -0.346. The third kappa shape index (κ3) is 2.46. The van der Waals surface area contributed by atoms with Crippen LogP contribution < -0.4 is 10.1 Å². The van der Waals surface area contributed by atoms with E-state index in [1.807, 2.05) is 31.2 Å². The maximum Gasteiger partial charge on any atom is 0.255 e. The van der Waals surface area contributed by atoms with Crippen LogP contribution in [0.15, 0.2) is 36.5 Å². The number of amides is 1. The van der Waals surface area contributed by atoms with Gasteiger partial charge in [-0.05, 0) is 30.0 Å². The summed E-state index contributed by atoms with van der Waals surface area (Å²) in [5.41, 5.74) is 1.20. The molecule has 4 rings (SSSR count). The molecule has 0 aliphatic carbocycles. The Morgan fingerprint density at radius 1 is 1.42 bits per heavy atom. The number of fused-ring (bicyclic) bond motifs is 3. The van der Waals surface area contributed by atoms with E-state index in [1.54, 1.807) is 16.8 Å². The minimum atomic E-state index is -1.49. The van der Waals surface area contributed by atoms with E-state index in [-0.39, 0.29) is 12.6 Å². The number of halogens is 1. The number of alkyl halides is 1. The fraction of sp³-hybridized carbons (Fsp3) is 0.316. The molecule has 3 aromatic rings. The maximum atomic E-state index is 14.0. The van der Waals surface area contributed by atoms with Crippen molar-refractivity contribution in [2.24, 2.45) is 5.92 Å². The van der Waals surface area contributed by atoms with Gasteiger partial charge in [0.15, 0.2) is 6.17 Å². The highest BCUT2D eigenvalue weighted by Gasteiger charge is 2.41. The van der Waals surface area contributed by atoms with Crippen LogP contribution in [-0.4, -0.2) is 34.3 Å². The van der Waals surface area contributed by atoms with Crippen LogP contribution in [-0.2, 0) is 4.79 Å². The van der Waals surface area contributed by atoms with E-state index in [4.69, 9.17) is 4.74 Å². The van der Waals surface area contributed by atoms with Crippen LogP contribution in [0.1, 0.15) is 19.0 Å². The van der Waals surface area contributed by atoms with Gasteiger partial charge in [0.1, 0.15) is 24.1 Å². The van der Waals surface area contributed by atoms with Crippen LogP contribution in [0.4, 0.5) is 4.39 Å². The molecule has 1 aliphatic rings. The van der Waals surface area contributed by atoms with Gasteiger partial charge in [0.05, 0.1) is 17.8 Å². The lowest BCUT2D eigenvalue weighted by molar-refractivity contribution is -0.123. The highest BCUT2D eigenvalue weighted by molar-refractivity contribution is 6.01. The van der Waals surface area contributed by atoms with Gasteiger partial charge in [0.2, 0.25) is 0 Å². The molecule has 6 nitrogen and oxygen atoms in total. The number of hydrogen-bond acceptors (Lipinski definition) is 4. The number of carbonyl (C=O) groups is 1. The van der Waals surface area contributed by atoms with Gasteiger partial charge in [-0.25, -0.2) is 8.91 Å². The van der Waals surface area contributed by atoms with Crippen molar-refractivity contribution in [2.75, 3.05) is 6.61 Å². The highest BCUT2D eigenvalue weighted by Crippen LogP contribution is 2.32. The molecule has 3 heterocycles. The molecule has 132 valence electrons. The zero-order valence-electron chi connectivity index (χ0n) is 14.1. The number of carbonyl (C=O) groups excluding carboxylic acids is 1. The number of benzene rings is 1. The number of rotatable bonds is 4. The molecule has 0 unspecified atom stereocenters. The Hall–Kier alpha value is -3.14. The van der Waals surface area contributed by atoms with E-state index >= 15 is 0 Å². The number of hydrogen-bond donors (Lipinski definition) is 1. The smallest absolute Gasteiger partial charge is 0.255 e. The first-order valence-electron chi connectivity index (χ1n) is 8.51. The lowest BCUT2D eigenvalue weighted by Gasteiger charge is -2.19. The fourth-order valence-electron chi connectivity index (χ4n) is 3.64. The van der Waals surface area contributed by atoms with Crippen molar-refractivity contribution in [1.82, 2.24) is 14.9 Å². The molecular weight excluding hydrogens is 335 g/mol. The molecule has 26 heavy (non-hydrogen) atoms. The number of nitrogens with zero attached hydrogens (tertiary/aromatic N) is 3. The largest absolute Gasteiger partial charge is 0.491 e. The van der Waals surface area contributed by atoms with Crippen LogP contribution in [0.25, 0.3) is 16.3 Å². The number of nitrogens with one attached hydrogen (secondary N) is 1. The number of ether oxygens (including phenoxy) is 1. The van der Waals surface area contributed by atoms with Gasteiger partial charge in [-0.15, -0.1) is 0 Å². The zero-order chi connectivity index (χ0) is 18.3. The standard InChI is InChI=1S/C19H17FN4O2/c1-2-13-14(23-19(25)18(13)20)10-26-16-5-3-4-11-8-12(9-21)24-15(17(11)16)6-7-22-24/h3-8,13-14,18H,2,10H2,1H3,(H,23,25)/t13-,14+,18-/m0/s1. The first-order valence-corrected chi connectivity index (χ1v) is 8.51. The minimum absolute atomic E-state index is 0.185. The van der Waals surface area contributed by atoms with Crippen molar-refractivity contribution in [3.05, 3.63) is 42.2 Å². The average molecular weight is 352 g/mol. The van der Waals surface area contributed by atoms with Crippen molar-refractivity contribution in [3.8, 4) is 11.8 Å². The van der Waals surface area contributed by atoms with Crippen molar-refractivity contribution in [2.45, 2.75) is 25.6 Å². The SMILES string of the molecule is CC[C@@H]1[C@H](F)C(=O)N[C@@H]1COc1cccc2cc(C#N)n3nccc3c12. The summed E-state index contributed by atoms with van der Waals surface area (Å²) >= 11 is 0. The third-order valence-electron chi connectivity index (χ3n) is 4.95. The van der Waals surface area contributed by atoms with E-state index < -0.39 is 18.0 Å². The van der Waals surface area contributed by atoms with Gasteiger partial charge >= 0.3 is 0 Å². The van der Waals surface area contributed by atoms with E-state index in [1.165, 1.54) is 0 Å². The molecule has 3 atom stereocenters. The molecule has 0 saturated carbocycles. The summed E-state index contributed by atoms with van der Waals surface area (Å²) in [6.07, 6.45) is 0.701. The number of aromatic nitrogens is 2. The van der Waals surface area contributed by atoms with E-state index in [0.29, 0.717) is 17.9 Å². The molecule has 1 fully saturated rings. The van der Waals surface area contributed by atoms with Crippen LogP contribution in [0, 0.1) is 17.2 Å². The second-order valence-electron chi connectivity index (χ2n) is 6.39. The molecular formula is C19H17FN4O2. The van der Waals surface area contributed by atoms with Crippen molar-refractivity contribution in [3.63, 3.8) is 0 Å². The molecule has 2 aromatic heterocycles. The number of pyridine rings is 1. The first kappa shape index (κ1) is 16.3. The molecule has 0 bridgehead atoms. The Bertz CT molecular complexity index is 1040. The number of nitriles is 1. The molecule has 0 radical (unpaired) electrons. The molecule has 1 amide bonds. The topological polar surface area (TPSA) is 79.4 Å². The zero-order valence-corrected chi connectivity index (χ0v) is 14.1. The Balaban J connectivity index is 1.71. The Labute approximate surface area is 149 Å². The van der Waals surface area contributed by atoms with Gasteiger partial charge in [-0.3, -0.25) is 4.79 Å². The molecule has 7 heteroatoms. The predicted molar refractivity (Wildman–Crippen MR) is 93.5 cm³/mol. The summed E-state index contributed by atoms with van der Waals surface area (Å²) in [6, 6.07) is 10.9. The summed E-state index contributed by atoms with van der Waals surface area (Å²) in [7, 11) is 0. The lowest BCUT2D eigenvalue weighted by Crippen LogP contribution is -2.34. The summed E-state index contributed by atoms with van der Waals surface area (Å²) in [4.78, 5) is 11.6. The van der Waals surface area contributed by atoms with Crippen LogP contribution in [0.5, 0.6) is 5.75 Å². The van der Waals surface area contributed by atoms with Gasteiger partial charge in [-0.2, -0.15) is 10.4 Å². The predicted octanol–water partition coefficient (Wildman–Crippen LogP) is 2.60. The Morgan fingerprint density at radius 2 is 2.27 bits per heavy atom. The van der Waals surface area contributed by atoms with Crippen molar-refractivity contribution >= 4 is 22.2 Å². The molecule has 1 aliphatic heterocycles. The normalized spacial score (nSPS) is 22.5. The molecule has 1 aromatic carbocycles. The average Bonchev–Trinajstić information content (AvgIpc) is 3.24. The summed E-state index contributed by atoms with van der Waals surface area (Å²) in [5, 5.41) is 17.9. The van der Waals surface area contributed by atoms with Crippen LogP contribution in [0.2, 0.25) is 0 Å². The van der Waals surface area contributed by atoms with E-state index in [0.717, 1.165) is 16.3 Å². The molecule has 1 N–H and O–H groups in total. The Morgan fingerprint density at radius 3 is 3.04 bits per heavy atom. The lowest BCUT2D eigenvalue weighted by atomic mass is 9.97. The van der Waals surface area contributed by atoms with Gasteiger partial charge < -0.3 is 10.1 Å². The van der Waals surface area contributed by atoms with Crippen LogP contribution in [0.3, 0.4) is 0 Å². The Kier molecular flexibility index (Phi) is 3.96. The van der Waals surface area contributed by atoms with E-state index in [2.05, 4.69) is 16.5 Å². The van der Waals surface area contributed by atoms with E-state index in [9.17, 15) is 14.4 Å². The minimum Gasteiger partial charge on any atom is -0.491 e. The monoisotopic (exact) mass is 352 g/mol. The van der Waals surface area contributed by atoms with Crippen molar-refractivity contribution in [1.29, 1.82) is 5.26 Å². The summed E-state index contributed by atoms with van der Waals surface area (Å²) < 4.78 is 21.5. The molecule has 0 spiro atoms. The second kappa shape index (κ2) is 6.30. The molecule has 1 saturated heterocycles.